The van der Waals surface area contributed by atoms with Crippen LogP contribution in [0.5, 0.6) is 5.75 Å². The van der Waals surface area contributed by atoms with Crippen molar-refractivity contribution in [3.05, 3.63) is 108 Å². The van der Waals surface area contributed by atoms with Crippen LogP contribution in [0.1, 0.15) is 15.9 Å². The molecule has 0 aliphatic rings. The third kappa shape index (κ3) is 4.68. The number of thiazole rings is 1. The number of carbonyl (C=O) groups is 2. The van der Waals surface area contributed by atoms with Crippen LogP contribution >= 0.6 is 11.3 Å². The third-order valence-corrected chi connectivity index (χ3v) is 5.83. The van der Waals surface area contributed by atoms with Gasteiger partial charge in [-0.1, -0.05) is 42.5 Å². The first-order valence-electron chi connectivity index (χ1n) is 10.3. The number of carbonyl (C=O) groups excluding carboxylic acids is 2. The van der Waals surface area contributed by atoms with Crippen LogP contribution in [0.4, 0.5) is 5.69 Å². The summed E-state index contributed by atoms with van der Waals surface area (Å²) >= 11 is 1.57. The van der Waals surface area contributed by atoms with Gasteiger partial charge in [-0.2, -0.15) is 0 Å². The molecule has 0 aliphatic heterocycles. The Labute approximate surface area is 194 Å². The fourth-order valence-electron chi connectivity index (χ4n) is 3.43. The maximum Gasteiger partial charge on any atom is 0.262 e. The van der Waals surface area contributed by atoms with Crippen LogP contribution < -0.4 is 10.1 Å². The van der Waals surface area contributed by atoms with Gasteiger partial charge in [-0.25, -0.2) is 4.98 Å². The quantitative estimate of drug-likeness (QED) is 0.339. The van der Waals surface area contributed by atoms with Crippen LogP contribution in [-0.2, 0) is 4.79 Å². The number of fused-ring (bicyclic) bond motifs is 1. The summed E-state index contributed by atoms with van der Waals surface area (Å²) in [7, 11) is 0. The van der Waals surface area contributed by atoms with Gasteiger partial charge in [0.1, 0.15) is 5.75 Å². The van der Waals surface area contributed by atoms with Gasteiger partial charge >= 0.3 is 0 Å². The summed E-state index contributed by atoms with van der Waals surface area (Å²) in [5, 5.41) is 4.83. The first-order chi connectivity index (χ1) is 16.2. The highest BCUT2D eigenvalue weighted by Crippen LogP contribution is 2.24. The summed E-state index contributed by atoms with van der Waals surface area (Å²) in [6.45, 7) is -0.142. The van der Waals surface area contributed by atoms with Crippen molar-refractivity contribution in [2.24, 2.45) is 0 Å². The zero-order valence-electron chi connectivity index (χ0n) is 17.5. The number of imidazole rings is 1. The van der Waals surface area contributed by atoms with Crippen LogP contribution in [0.3, 0.4) is 0 Å². The number of hydrogen-bond donors (Lipinski definition) is 1. The number of nitrogens with zero attached hydrogens (tertiary/aromatic N) is 2. The van der Waals surface area contributed by atoms with Gasteiger partial charge in [0.05, 0.1) is 5.69 Å². The molecule has 0 atom stereocenters. The van der Waals surface area contributed by atoms with Crippen LogP contribution in [0.2, 0.25) is 0 Å². The van der Waals surface area contributed by atoms with Crippen molar-refractivity contribution >= 4 is 33.7 Å². The van der Waals surface area contributed by atoms with Gasteiger partial charge < -0.3 is 10.1 Å². The summed E-state index contributed by atoms with van der Waals surface area (Å²) in [4.78, 5) is 30.4. The van der Waals surface area contributed by atoms with Gasteiger partial charge in [-0.15, -0.1) is 11.3 Å². The molecule has 0 saturated heterocycles. The molecule has 0 radical (unpaired) electrons. The standard InChI is InChI=1S/C26H19N3O3S/c30-24(17-32-22-11-9-19(10-12-22)25(31)18-5-2-1-3-6-18)27-21-8-4-7-20(15-21)23-16-29-13-14-33-26(29)28-23/h1-16H,17H2,(H,27,30). The molecule has 3 aromatic carbocycles. The summed E-state index contributed by atoms with van der Waals surface area (Å²) in [5.41, 5.74) is 3.63. The van der Waals surface area contributed by atoms with Crippen molar-refractivity contribution in [2.45, 2.75) is 0 Å². The van der Waals surface area contributed by atoms with Gasteiger partial charge in [0, 0.05) is 40.2 Å². The van der Waals surface area contributed by atoms with Gasteiger partial charge in [0.15, 0.2) is 17.4 Å². The molecule has 7 heteroatoms. The topological polar surface area (TPSA) is 72.7 Å². The SMILES string of the molecule is O=C(COc1ccc(C(=O)c2ccccc2)cc1)Nc1cccc(-c2cn3ccsc3n2)c1. The molecule has 0 fully saturated rings. The molecular weight excluding hydrogens is 434 g/mol. The number of ketones is 1. The molecule has 2 heterocycles. The fourth-order valence-corrected chi connectivity index (χ4v) is 4.13. The Morgan fingerprint density at radius 1 is 0.939 bits per heavy atom. The zero-order chi connectivity index (χ0) is 22.6. The Bertz CT molecular complexity index is 1390. The van der Waals surface area contributed by atoms with E-state index in [9.17, 15) is 9.59 Å². The molecule has 1 amide bonds. The minimum absolute atomic E-state index is 0.0580. The maximum atomic E-state index is 12.5. The van der Waals surface area contributed by atoms with Gasteiger partial charge in [-0.3, -0.25) is 14.0 Å². The van der Waals surface area contributed by atoms with E-state index in [2.05, 4.69) is 10.3 Å². The average molecular weight is 454 g/mol. The number of benzene rings is 3. The molecule has 33 heavy (non-hydrogen) atoms. The molecule has 162 valence electrons. The van der Waals surface area contributed by atoms with E-state index < -0.39 is 0 Å². The smallest absolute Gasteiger partial charge is 0.262 e. The molecule has 5 aromatic rings. The van der Waals surface area contributed by atoms with E-state index in [1.165, 1.54) is 0 Å². The van der Waals surface area contributed by atoms with E-state index in [0.717, 1.165) is 16.2 Å². The lowest BCUT2D eigenvalue weighted by Gasteiger charge is -2.09. The van der Waals surface area contributed by atoms with Gasteiger partial charge in [-0.05, 0) is 36.4 Å². The Kier molecular flexibility index (Phi) is 5.70. The lowest BCUT2D eigenvalue weighted by atomic mass is 10.0. The number of nitrogens with one attached hydrogen (secondary N) is 1. The average Bonchev–Trinajstić information content (AvgIpc) is 3.46. The molecule has 1 N–H and O–H groups in total. The number of aromatic nitrogens is 2. The highest BCUT2D eigenvalue weighted by atomic mass is 32.1. The third-order valence-electron chi connectivity index (χ3n) is 5.06. The first-order valence-corrected chi connectivity index (χ1v) is 11.2. The lowest BCUT2D eigenvalue weighted by molar-refractivity contribution is -0.118. The Hall–Kier alpha value is -4.23. The Morgan fingerprint density at radius 3 is 2.52 bits per heavy atom. The summed E-state index contributed by atoms with van der Waals surface area (Å²) in [6, 6.07) is 23.4. The van der Waals surface area contributed by atoms with Crippen molar-refractivity contribution in [1.29, 1.82) is 0 Å². The van der Waals surface area contributed by atoms with Crippen LogP contribution in [0, 0.1) is 0 Å². The Balaban J connectivity index is 1.19. The van der Waals surface area contributed by atoms with Crippen LogP contribution in [0.25, 0.3) is 16.2 Å². The van der Waals surface area contributed by atoms with Gasteiger partial charge in [0.25, 0.3) is 5.91 Å². The van der Waals surface area contributed by atoms with E-state index in [1.54, 1.807) is 47.7 Å². The predicted octanol–water partition coefficient (Wildman–Crippen LogP) is 5.31. The van der Waals surface area contributed by atoms with E-state index in [1.807, 2.05) is 64.6 Å². The van der Waals surface area contributed by atoms with Gasteiger partial charge in [0.2, 0.25) is 0 Å². The normalized spacial score (nSPS) is 10.8. The number of rotatable bonds is 7. The van der Waals surface area contributed by atoms with Crippen molar-refractivity contribution in [2.75, 3.05) is 11.9 Å². The molecule has 0 aliphatic carbocycles. The van der Waals surface area contributed by atoms with Crippen molar-refractivity contribution < 1.29 is 14.3 Å². The summed E-state index contributed by atoms with van der Waals surface area (Å²) in [5.74, 6) is 0.182. The van der Waals surface area contributed by atoms with E-state index >= 15 is 0 Å². The monoisotopic (exact) mass is 453 g/mol. The molecule has 6 nitrogen and oxygen atoms in total. The van der Waals surface area contributed by atoms with Crippen LogP contribution in [0.15, 0.2) is 96.6 Å². The molecular formula is C26H19N3O3S. The maximum absolute atomic E-state index is 12.5. The van der Waals surface area contributed by atoms with Crippen molar-refractivity contribution in [3.63, 3.8) is 0 Å². The molecule has 2 aromatic heterocycles. The molecule has 0 bridgehead atoms. The van der Waals surface area contributed by atoms with Crippen LogP contribution in [-0.4, -0.2) is 27.7 Å². The zero-order valence-corrected chi connectivity index (χ0v) is 18.3. The number of ether oxygens (including phenoxy) is 1. The minimum Gasteiger partial charge on any atom is -0.484 e. The second-order valence-electron chi connectivity index (χ2n) is 7.36. The molecule has 0 unspecified atom stereocenters. The summed E-state index contributed by atoms with van der Waals surface area (Å²) in [6.07, 6.45) is 3.92. The highest BCUT2D eigenvalue weighted by molar-refractivity contribution is 7.15. The molecule has 0 spiro atoms. The highest BCUT2D eigenvalue weighted by Gasteiger charge is 2.10. The first kappa shape index (κ1) is 20.7. The van der Waals surface area contributed by atoms with E-state index in [0.29, 0.717) is 22.6 Å². The minimum atomic E-state index is -0.276. The number of amides is 1. The second kappa shape index (κ2) is 9.10. The largest absolute Gasteiger partial charge is 0.484 e. The predicted molar refractivity (Wildman–Crippen MR) is 129 cm³/mol. The van der Waals surface area contributed by atoms with Crippen molar-refractivity contribution in [1.82, 2.24) is 9.38 Å². The van der Waals surface area contributed by atoms with E-state index in [-0.39, 0.29) is 18.3 Å². The second-order valence-corrected chi connectivity index (χ2v) is 8.23. The lowest BCUT2D eigenvalue weighted by Crippen LogP contribution is -2.20. The van der Waals surface area contributed by atoms with Crippen molar-refractivity contribution in [3.8, 4) is 17.0 Å². The molecule has 5 rings (SSSR count). The number of anilines is 1. The fraction of sp³-hybridized carbons (Fsp3) is 0.0385. The molecule has 0 saturated carbocycles. The van der Waals surface area contributed by atoms with E-state index in [4.69, 9.17) is 4.74 Å². The summed E-state index contributed by atoms with van der Waals surface area (Å²) < 4.78 is 7.56. The Morgan fingerprint density at radius 2 is 1.73 bits per heavy atom. The number of hydrogen-bond acceptors (Lipinski definition) is 5.